The van der Waals surface area contributed by atoms with Gasteiger partial charge in [-0.15, -0.1) is 0 Å². The van der Waals surface area contributed by atoms with Crippen LogP contribution in [0.5, 0.6) is 0 Å². The highest BCUT2D eigenvalue weighted by Crippen LogP contribution is 2.36. The number of nitrogens with zero attached hydrogens (tertiary/aromatic N) is 2. The Morgan fingerprint density at radius 2 is 1.67 bits per heavy atom. The summed E-state index contributed by atoms with van der Waals surface area (Å²) in [7, 11) is 3.14. The van der Waals surface area contributed by atoms with Gasteiger partial charge in [0.15, 0.2) is 0 Å². The van der Waals surface area contributed by atoms with E-state index in [1.165, 1.54) is 16.9 Å². The Hall–Kier alpha value is -0.300. The van der Waals surface area contributed by atoms with Gasteiger partial charge < -0.3 is 9.47 Å². The fourth-order valence-electron chi connectivity index (χ4n) is 3.18. The third-order valence-corrected chi connectivity index (χ3v) is 4.21. The maximum absolute atomic E-state index is 14.7. The molecule has 0 N–H and O–H groups in total. The van der Waals surface area contributed by atoms with E-state index in [0.717, 1.165) is 0 Å². The van der Waals surface area contributed by atoms with E-state index in [4.69, 9.17) is 9.47 Å². The number of rotatable bonds is 8. The van der Waals surface area contributed by atoms with Crippen molar-refractivity contribution in [3.63, 3.8) is 0 Å². The molecule has 0 amide bonds. The molecule has 6 heteroatoms. The van der Waals surface area contributed by atoms with Gasteiger partial charge in [0.1, 0.15) is 0 Å². The van der Waals surface area contributed by atoms with Gasteiger partial charge in [-0.2, -0.15) is 8.78 Å². The zero-order chi connectivity index (χ0) is 16.2. The second kappa shape index (κ2) is 7.81. The summed E-state index contributed by atoms with van der Waals surface area (Å²) in [5.41, 5.74) is 0. The molecule has 126 valence electrons. The quantitative estimate of drug-likeness (QED) is 0.643. The smallest absolute Gasteiger partial charge is 0.370 e. The second-order valence-electron chi connectivity index (χ2n) is 6.36. The number of halogens is 2. The molecule has 1 heterocycles. The first-order chi connectivity index (χ1) is 9.77. The summed E-state index contributed by atoms with van der Waals surface area (Å²) in [5.74, 6) is 0.275. The van der Waals surface area contributed by atoms with Crippen molar-refractivity contribution in [2.45, 2.75) is 46.0 Å². The van der Waals surface area contributed by atoms with Crippen LogP contribution < -0.4 is 0 Å². The van der Waals surface area contributed by atoms with Crippen molar-refractivity contribution in [2.75, 3.05) is 40.5 Å². The molecule has 2 atom stereocenters. The van der Waals surface area contributed by atoms with Crippen molar-refractivity contribution < 1.29 is 18.3 Å². The number of hydrogen-bond donors (Lipinski definition) is 0. The molecule has 1 aliphatic heterocycles. The van der Waals surface area contributed by atoms with Gasteiger partial charge in [0.25, 0.3) is 0 Å². The first-order valence-corrected chi connectivity index (χ1v) is 7.68. The zero-order valence-corrected chi connectivity index (χ0v) is 14.1. The molecule has 0 aromatic heterocycles. The van der Waals surface area contributed by atoms with E-state index in [0.29, 0.717) is 19.7 Å². The fourth-order valence-corrected chi connectivity index (χ4v) is 3.18. The normalized spacial score (nSPS) is 23.1. The summed E-state index contributed by atoms with van der Waals surface area (Å²) in [6, 6.07) is -0.308. The molecule has 1 fully saturated rings. The van der Waals surface area contributed by atoms with Crippen molar-refractivity contribution in [2.24, 2.45) is 11.8 Å². The van der Waals surface area contributed by atoms with Crippen LogP contribution >= 0.6 is 0 Å². The van der Waals surface area contributed by atoms with Gasteiger partial charge in [-0.3, -0.25) is 0 Å². The Balaban J connectivity index is 2.94. The third kappa shape index (κ3) is 4.12. The molecule has 1 aliphatic rings. The topological polar surface area (TPSA) is 24.9 Å². The highest BCUT2D eigenvalue weighted by Gasteiger charge is 2.53. The van der Waals surface area contributed by atoms with E-state index in [1.807, 2.05) is 27.7 Å². The van der Waals surface area contributed by atoms with Crippen molar-refractivity contribution in [1.82, 2.24) is 9.80 Å². The highest BCUT2D eigenvalue weighted by atomic mass is 19.3. The Bertz CT molecular complexity index is 314. The molecular formula is C15H30F2N2O2. The van der Waals surface area contributed by atoms with Crippen molar-refractivity contribution in [1.29, 1.82) is 0 Å². The standard InChI is InChI=1S/C15H30F2N2O2/c1-11(2)13(14(21-6)12(3)4)19-8-7-18(9-10-20-5)15(19,16)17/h11-14H,7-10H2,1-6H3. The number of alkyl halides is 2. The SMILES string of the molecule is COCCN1CCN(C(C(C)C)C(OC)C(C)C)C1(F)F. The van der Waals surface area contributed by atoms with E-state index in [1.54, 1.807) is 7.11 Å². The lowest BCUT2D eigenvalue weighted by Gasteiger charge is -2.41. The first-order valence-electron chi connectivity index (χ1n) is 7.68. The minimum Gasteiger partial charge on any atom is -0.383 e. The summed E-state index contributed by atoms with van der Waals surface area (Å²) < 4.78 is 39.9. The summed E-state index contributed by atoms with van der Waals surface area (Å²) >= 11 is 0. The van der Waals surface area contributed by atoms with Gasteiger partial charge in [0.2, 0.25) is 0 Å². The molecule has 0 saturated carbocycles. The van der Waals surface area contributed by atoms with Gasteiger partial charge in [0, 0.05) is 39.9 Å². The molecule has 0 aromatic rings. The maximum Gasteiger partial charge on any atom is 0.370 e. The Kier molecular flexibility index (Phi) is 6.97. The van der Waals surface area contributed by atoms with E-state index < -0.39 is 6.17 Å². The molecule has 1 rings (SSSR count). The average molecular weight is 308 g/mol. The van der Waals surface area contributed by atoms with Gasteiger partial charge in [-0.25, -0.2) is 9.80 Å². The highest BCUT2D eigenvalue weighted by molar-refractivity contribution is 4.92. The average Bonchev–Trinajstić information content (AvgIpc) is 2.67. The van der Waals surface area contributed by atoms with E-state index in [9.17, 15) is 8.78 Å². The summed E-state index contributed by atoms with van der Waals surface area (Å²) in [4.78, 5) is 2.50. The van der Waals surface area contributed by atoms with Crippen LogP contribution in [0.3, 0.4) is 0 Å². The summed E-state index contributed by atoms with van der Waals surface area (Å²) in [5, 5.41) is 0. The number of ether oxygens (including phenoxy) is 2. The third-order valence-electron chi connectivity index (χ3n) is 4.21. The molecule has 1 saturated heterocycles. The minimum atomic E-state index is -2.95. The molecule has 4 nitrogen and oxygen atoms in total. The van der Waals surface area contributed by atoms with E-state index >= 15 is 0 Å². The van der Waals surface area contributed by atoms with Crippen LogP contribution in [0.15, 0.2) is 0 Å². The minimum absolute atomic E-state index is 0.0885. The lowest BCUT2D eigenvalue weighted by atomic mass is 9.90. The largest absolute Gasteiger partial charge is 0.383 e. The predicted octanol–water partition coefficient (Wildman–Crippen LogP) is 2.50. The lowest BCUT2D eigenvalue weighted by Crippen LogP contribution is -2.57. The molecule has 2 unspecified atom stereocenters. The lowest BCUT2D eigenvalue weighted by molar-refractivity contribution is -0.240. The van der Waals surface area contributed by atoms with Crippen LogP contribution in [-0.4, -0.2) is 68.6 Å². The van der Waals surface area contributed by atoms with Gasteiger partial charge in [-0.1, -0.05) is 27.7 Å². The van der Waals surface area contributed by atoms with Crippen molar-refractivity contribution in [3.8, 4) is 0 Å². The van der Waals surface area contributed by atoms with Crippen LogP contribution in [0.1, 0.15) is 27.7 Å². The molecule has 21 heavy (non-hydrogen) atoms. The van der Waals surface area contributed by atoms with Gasteiger partial charge in [0.05, 0.1) is 12.7 Å². The van der Waals surface area contributed by atoms with Crippen LogP contribution in [-0.2, 0) is 9.47 Å². The van der Waals surface area contributed by atoms with E-state index in [-0.39, 0.29) is 30.5 Å². The van der Waals surface area contributed by atoms with Crippen LogP contribution in [0.4, 0.5) is 8.78 Å². The monoisotopic (exact) mass is 308 g/mol. The second-order valence-corrected chi connectivity index (χ2v) is 6.36. The van der Waals surface area contributed by atoms with Crippen LogP contribution in [0.2, 0.25) is 0 Å². The number of methoxy groups -OCH3 is 2. The Morgan fingerprint density at radius 1 is 1.05 bits per heavy atom. The molecule has 0 bridgehead atoms. The van der Waals surface area contributed by atoms with Crippen LogP contribution in [0, 0.1) is 11.8 Å². The fraction of sp³-hybridized carbons (Fsp3) is 1.00. The Labute approximate surface area is 127 Å². The van der Waals surface area contributed by atoms with Crippen LogP contribution in [0.25, 0.3) is 0 Å². The maximum atomic E-state index is 14.7. The summed E-state index contributed by atoms with van der Waals surface area (Å²) in [6.07, 6.45) is -3.16. The summed E-state index contributed by atoms with van der Waals surface area (Å²) in [6.45, 7) is 9.25. The first kappa shape index (κ1) is 18.7. The zero-order valence-electron chi connectivity index (χ0n) is 14.1. The van der Waals surface area contributed by atoms with Crippen molar-refractivity contribution in [3.05, 3.63) is 0 Å². The van der Waals surface area contributed by atoms with E-state index in [2.05, 4.69) is 0 Å². The molecule has 0 radical (unpaired) electrons. The molecule has 0 aromatic carbocycles. The van der Waals surface area contributed by atoms with Gasteiger partial charge >= 0.3 is 6.17 Å². The predicted molar refractivity (Wildman–Crippen MR) is 79.4 cm³/mol. The molecular weight excluding hydrogens is 278 g/mol. The Morgan fingerprint density at radius 3 is 2.10 bits per heavy atom. The molecule has 0 spiro atoms. The number of hydrogen-bond acceptors (Lipinski definition) is 4. The van der Waals surface area contributed by atoms with Gasteiger partial charge in [-0.05, 0) is 11.8 Å². The van der Waals surface area contributed by atoms with Crippen molar-refractivity contribution >= 4 is 0 Å². The molecule has 0 aliphatic carbocycles.